The molecule has 0 unspecified atom stereocenters. The molecule has 0 bridgehead atoms. The first-order valence-electron chi connectivity index (χ1n) is 9.26. The molecule has 0 N–H and O–H groups in total. The molecule has 4 rings (SSSR count). The quantitative estimate of drug-likeness (QED) is 0.826. The lowest BCUT2D eigenvalue weighted by atomic mass is 10.0. The smallest absolute Gasteiger partial charge is 0.219 e. The molecule has 0 aliphatic carbocycles. The van der Waals surface area contributed by atoms with E-state index in [2.05, 4.69) is 29.0 Å². The highest BCUT2D eigenvalue weighted by atomic mass is 16.2. The number of hydrogen-bond donors (Lipinski definition) is 0. The van der Waals surface area contributed by atoms with E-state index in [1.165, 1.54) is 0 Å². The summed E-state index contributed by atoms with van der Waals surface area (Å²) < 4.78 is 0. The van der Waals surface area contributed by atoms with Crippen LogP contribution in [0.1, 0.15) is 18.2 Å². The highest BCUT2D eigenvalue weighted by molar-refractivity contribution is 5.74. The van der Waals surface area contributed by atoms with Gasteiger partial charge in [0.2, 0.25) is 5.91 Å². The SMILES string of the molecule is CC(=O)N1CCc2nc(-c3ccccc3)nc(N3CCN(C)CC3)c2C1. The van der Waals surface area contributed by atoms with Gasteiger partial charge in [0.15, 0.2) is 5.82 Å². The highest BCUT2D eigenvalue weighted by Crippen LogP contribution is 2.30. The summed E-state index contributed by atoms with van der Waals surface area (Å²) in [5.74, 6) is 1.91. The molecular formula is C20H25N5O. The van der Waals surface area contributed by atoms with Crippen molar-refractivity contribution in [1.29, 1.82) is 0 Å². The van der Waals surface area contributed by atoms with Crippen LogP contribution in [0.5, 0.6) is 0 Å². The van der Waals surface area contributed by atoms with Crippen molar-refractivity contribution in [2.45, 2.75) is 19.9 Å². The van der Waals surface area contributed by atoms with Gasteiger partial charge in [0, 0.05) is 57.2 Å². The third-order valence-electron chi connectivity index (χ3n) is 5.32. The number of fused-ring (bicyclic) bond motifs is 1. The largest absolute Gasteiger partial charge is 0.354 e. The molecule has 2 aromatic rings. The zero-order chi connectivity index (χ0) is 18.1. The number of benzene rings is 1. The van der Waals surface area contributed by atoms with Crippen LogP contribution in [0.4, 0.5) is 5.82 Å². The fourth-order valence-corrected chi connectivity index (χ4v) is 3.66. The zero-order valence-corrected chi connectivity index (χ0v) is 15.5. The molecule has 2 aliphatic heterocycles. The van der Waals surface area contributed by atoms with E-state index in [9.17, 15) is 4.79 Å². The molecule has 6 heteroatoms. The molecule has 1 fully saturated rings. The van der Waals surface area contributed by atoms with Crippen LogP contribution >= 0.6 is 0 Å². The second kappa shape index (κ2) is 7.03. The van der Waals surface area contributed by atoms with Crippen molar-refractivity contribution >= 4 is 11.7 Å². The van der Waals surface area contributed by atoms with Gasteiger partial charge in [-0.1, -0.05) is 30.3 Å². The molecule has 0 radical (unpaired) electrons. The maximum Gasteiger partial charge on any atom is 0.219 e. The van der Waals surface area contributed by atoms with Crippen LogP contribution in [0.15, 0.2) is 30.3 Å². The molecule has 1 aromatic heterocycles. The fraction of sp³-hybridized carbons (Fsp3) is 0.450. The number of nitrogens with zero attached hydrogens (tertiary/aromatic N) is 5. The molecule has 1 saturated heterocycles. The molecule has 0 atom stereocenters. The first kappa shape index (κ1) is 17.0. The number of carbonyl (C=O) groups is 1. The Hall–Kier alpha value is -2.47. The lowest BCUT2D eigenvalue weighted by Gasteiger charge is -2.36. The summed E-state index contributed by atoms with van der Waals surface area (Å²) in [6, 6.07) is 10.2. The lowest BCUT2D eigenvalue weighted by Crippen LogP contribution is -2.46. The number of rotatable bonds is 2. The Balaban J connectivity index is 1.77. The Bertz CT molecular complexity index is 799. The van der Waals surface area contributed by atoms with Crippen LogP contribution in [-0.2, 0) is 17.8 Å². The monoisotopic (exact) mass is 351 g/mol. The van der Waals surface area contributed by atoms with E-state index in [0.717, 1.165) is 67.6 Å². The first-order chi connectivity index (χ1) is 12.6. The molecule has 26 heavy (non-hydrogen) atoms. The third kappa shape index (κ3) is 3.29. The molecule has 1 amide bonds. The Labute approximate surface area is 154 Å². The molecule has 6 nitrogen and oxygen atoms in total. The molecule has 136 valence electrons. The minimum atomic E-state index is 0.118. The number of carbonyl (C=O) groups excluding carboxylic acids is 1. The lowest BCUT2D eigenvalue weighted by molar-refractivity contribution is -0.129. The van der Waals surface area contributed by atoms with Crippen molar-refractivity contribution < 1.29 is 4.79 Å². The van der Waals surface area contributed by atoms with Crippen molar-refractivity contribution in [3.05, 3.63) is 41.6 Å². The molecule has 0 saturated carbocycles. The molecule has 2 aliphatic rings. The third-order valence-corrected chi connectivity index (χ3v) is 5.32. The van der Waals surface area contributed by atoms with E-state index in [4.69, 9.17) is 9.97 Å². The fourth-order valence-electron chi connectivity index (χ4n) is 3.66. The van der Waals surface area contributed by atoms with Gasteiger partial charge < -0.3 is 14.7 Å². The van der Waals surface area contributed by atoms with Crippen LogP contribution < -0.4 is 4.90 Å². The number of aromatic nitrogens is 2. The van der Waals surface area contributed by atoms with E-state index in [1.807, 2.05) is 23.1 Å². The highest BCUT2D eigenvalue weighted by Gasteiger charge is 2.27. The number of likely N-dealkylation sites (N-methyl/N-ethyl adjacent to an activating group) is 1. The zero-order valence-electron chi connectivity index (χ0n) is 15.5. The summed E-state index contributed by atoms with van der Waals surface area (Å²) in [6.07, 6.45) is 0.790. The van der Waals surface area contributed by atoms with Gasteiger partial charge >= 0.3 is 0 Å². The minimum absolute atomic E-state index is 0.118. The van der Waals surface area contributed by atoms with Gasteiger partial charge in [-0.15, -0.1) is 0 Å². The summed E-state index contributed by atoms with van der Waals surface area (Å²) in [4.78, 5) is 28.3. The van der Waals surface area contributed by atoms with Gasteiger partial charge in [0.05, 0.1) is 12.2 Å². The number of anilines is 1. The Morgan fingerprint density at radius 3 is 2.42 bits per heavy atom. The normalized spacial score (nSPS) is 17.9. The van der Waals surface area contributed by atoms with Crippen LogP contribution in [-0.4, -0.2) is 65.4 Å². The summed E-state index contributed by atoms with van der Waals surface area (Å²) in [7, 11) is 2.15. The molecular weight excluding hydrogens is 326 g/mol. The van der Waals surface area contributed by atoms with Crippen LogP contribution in [0.25, 0.3) is 11.4 Å². The van der Waals surface area contributed by atoms with Crippen molar-refractivity contribution in [1.82, 2.24) is 19.8 Å². The van der Waals surface area contributed by atoms with Crippen LogP contribution in [0.2, 0.25) is 0 Å². The molecule has 3 heterocycles. The topological polar surface area (TPSA) is 52.6 Å². The van der Waals surface area contributed by atoms with E-state index < -0.39 is 0 Å². The maximum atomic E-state index is 11.9. The van der Waals surface area contributed by atoms with Gasteiger partial charge in [-0.25, -0.2) is 9.97 Å². The Morgan fingerprint density at radius 1 is 1.00 bits per heavy atom. The number of amides is 1. The van der Waals surface area contributed by atoms with Crippen molar-refractivity contribution in [2.75, 3.05) is 44.7 Å². The summed E-state index contributed by atoms with van der Waals surface area (Å²) in [5, 5.41) is 0. The van der Waals surface area contributed by atoms with Crippen molar-refractivity contribution in [2.24, 2.45) is 0 Å². The average Bonchev–Trinajstić information content (AvgIpc) is 2.68. The Morgan fingerprint density at radius 2 is 1.73 bits per heavy atom. The van der Waals surface area contributed by atoms with Crippen molar-refractivity contribution in [3.8, 4) is 11.4 Å². The number of piperazine rings is 1. The molecule has 1 aromatic carbocycles. The number of hydrogen-bond acceptors (Lipinski definition) is 5. The second-order valence-electron chi connectivity index (χ2n) is 7.14. The van der Waals surface area contributed by atoms with Gasteiger partial charge in [0.25, 0.3) is 0 Å². The minimum Gasteiger partial charge on any atom is -0.354 e. The van der Waals surface area contributed by atoms with E-state index in [-0.39, 0.29) is 5.91 Å². The van der Waals surface area contributed by atoms with E-state index >= 15 is 0 Å². The van der Waals surface area contributed by atoms with E-state index in [1.54, 1.807) is 6.92 Å². The summed E-state index contributed by atoms with van der Waals surface area (Å²) in [5.41, 5.74) is 3.25. The maximum absolute atomic E-state index is 11.9. The standard InChI is InChI=1S/C20H25N5O/c1-15(26)25-9-8-18-17(14-25)20(24-12-10-23(2)11-13-24)22-19(21-18)16-6-4-3-5-7-16/h3-7H,8-14H2,1-2H3. The van der Waals surface area contributed by atoms with E-state index in [0.29, 0.717) is 6.54 Å². The Kier molecular flexibility index (Phi) is 4.59. The summed E-state index contributed by atoms with van der Waals surface area (Å²) >= 11 is 0. The van der Waals surface area contributed by atoms with Gasteiger partial charge in [0.1, 0.15) is 5.82 Å². The van der Waals surface area contributed by atoms with Gasteiger partial charge in [-0.05, 0) is 7.05 Å². The second-order valence-corrected chi connectivity index (χ2v) is 7.14. The van der Waals surface area contributed by atoms with Gasteiger partial charge in [-0.3, -0.25) is 4.79 Å². The van der Waals surface area contributed by atoms with Gasteiger partial charge in [-0.2, -0.15) is 0 Å². The predicted octanol–water partition coefficient (Wildman–Crippen LogP) is 1.80. The van der Waals surface area contributed by atoms with Crippen molar-refractivity contribution in [3.63, 3.8) is 0 Å². The average molecular weight is 351 g/mol. The van der Waals surface area contributed by atoms with Crippen LogP contribution in [0, 0.1) is 0 Å². The summed E-state index contributed by atoms with van der Waals surface area (Å²) in [6.45, 7) is 6.94. The molecule has 0 spiro atoms. The van der Waals surface area contributed by atoms with Crippen LogP contribution in [0.3, 0.4) is 0 Å². The first-order valence-corrected chi connectivity index (χ1v) is 9.26. The predicted molar refractivity (Wildman–Crippen MR) is 102 cm³/mol.